The standard InChI is InChI=1S/C17H17BrClNO2/c18-15-8-4-7-14(9-15)16(21)12-20(17(22)10-19)11-13-5-2-1-3-6-13/h1-9,16,21H,10-12H2. The Hall–Kier alpha value is -1.36. The van der Waals surface area contributed by atoms with Gasteiger partial charge in [-0.25, -0.2) is 0 Å². The number of hydrogen-bond donors (Lipinski definition) is 1. The molecule has 0 radical (unpaired) electrons. The molecule has 1 atom stereocenters. The third-order valence-corrected chi connectivity index (χ3v) is 4.03. The van der Waals surface area contributed by atoms with Gasteiger partial charge in [0.25, 0.3) is 0 Å². The quantitative estimate of drug-likeness (QED) is 0.773. The molecular weight excluding hydrogens is 366 g/mol. The average molecular weight is 383 g/mol. The Morgan fingerprint density at radius 1 is 1.18 bits per heavy atom. The fraction of sp³-hybridized carbons (Fsp3) is 0.235. The number of amides is 1. The lowest BCUT2D eigenvalue weighted by Gasteiger charge is -2.25. The second-order valence-electron chi connectivity index (χ2n) is 4.96. The summed E-state index contributed by atoms with van der Waals surface area (Å²) < 4.78 is 0.891. The molecule has 1 N–H and O–H groups in total. The molecule has 1 unspecified atom stereocenters. The van der Waals surface area contributed by atoms with Gasteiger partial charge in [0, 0.05) is 11.0 Å². The van der Waals surface area contributed by atoms with E-state index in [4.69, 9.17) is 11.6 Å². The molecule has 0 saturated carbocycles. The lowest BCUT2D eigenvalue weighted by atomic mass is 10.1. The van der Waals surface area contributed by atoms with Crippen molar-refractivity contribution >= 4 is 33.4 Å². The first-order chi connectivity index (χ1) is 10.6. The van der Waals surface area contributed by atoms with Crippen LogP contribution in [0.5, 0.6) is 0 Å². The number of benzene rings is 2. The van der Waals surface area contributed by atoms with E-state index in [9.17, 15) is 9.90 Å². The minimum atomic E-state index is -0.756. The number of nitrogens with zero attached hydrogens (tertiary/aromatic N) is 1. The van der Waals surface area contributed by atoms with Crippen molar-refractivity contribution in [3.63, 3.8) is 0 Å². The van der Waals surface area contributed by atoms with E-state index in [1.165, 1.54) is 0 Å². The predicted molar refractivity (Wildman–Crippen MR) is 91.7 cm³/mol. The third-order valence-electron chi connectivity index (χ3n) is 3.31. The van der Waals surface area contributed by atoms with Crippen LogP contribution in [-0.4, -0.2) is 28.3 Å². The Morgan fingerprint density at radius 3 is 2.55 bits per heavy atom. The highest BCUT2D eigenvalue weighted by molar-refractivity contribution is 9.10. The third kappa shape index (κ3) is 4.83. The lowest BCUT2D eigenvalue weighted by Crippen LogP contribution is -2.35. The SMILES string of the molecule is O=C(CCl)N(Cc1ccccc1)CC(O)c1cccc(Br)c1. The Labute approximate surface area is 143 Å². The molecular formula is C17H17BrClNO2. The van der Waals surface area contributed by atoms with Crippen molar-refractivity contribution in [1.29, 1.82) is 0 Å². The van der Waals surface area contributed by atoms with Crippen LogP contribution in [0.2, 0.25) is 0 Å². The Morgan fingerprint density at radius 2 is 1.91 bits per heavy atom. The second kappa shape index (κ2) is 8.32. The van der Waals surface area contributed by atoms with Gasteiger partial charge in [0.1, 0.15) is 5.88 Å². The second-order valence-corrected chi connectivity index (χ2v) is 6.15. The monoisotopic (exact) mass is 381 g/mol. The van der Waals surface area contributed by atoms with Crippen LogP contribution >= 0.6 is 27.5 Å². The van der Waals surface area contributed by atoms with Gasteiger partial charge >= 0.3 is 0 Å². The molecule has 0 heterocycles. The number of aliphatic hydroxyl groups excluding tert-OH is 1. The minimum Gasteiger partial charge on any atom is -0.387 e. The molecule has 0 bridgehead atoms. The molecule has 0 aliphatic heterocycles. The molecule has 2 aromatic rings. The molecule has 0 spiro atoms. The van der Waals surface area contributed by atoms with Gasteiger partial charge in [0.15, 0.2) is 0 Å². The number of halogens is 2. The van der Waals surface area contributed by atoms with Crippen LogP contribution < -0.4 is 0 Å². The smallest absolute Gasteiger partial charge is 0.237 e. The first-order valence-electron chi connectivity index (χ1n) is 6.91. The molecule has 1 amide bonds. The van der Waals surface area contributed by atoms with Crippen LogP contribution in [0.1, 0.15) is 17.2 Å². The number of alkyl halides is 1. The average Bonchev–Trinajstić information content (AvgIpc) is 2.54. The van der Waals surface area contributed by atoms with Crippen LogP contribution in [0.25, 0.3) is 0 Å². The van der Waals surface area contributed by atoms with E-state index >= 15 is 0 Å². The molecule has 2 rings (SSSR count). The van der Waals surface area contributed by atoms with Gasteiger partial charge in [-0.05, 0) is 23.3 Å². The summed E-state index contributed by atoms with van der Waals surface area (Å²) in [7, 11) is 0. The van der Waals surface area contributed by atoms with Gasteiger partial charge in [-0.2, -0.15) is 0 Å². The van der Waals surface area contributed by atoms with Crippen molar-refractivity contribution in [2.75, 3.05) is 12.4 Å². The van der Waals surface area contributed by atoms with Crippen molar-refractivity contribution < 1.29 is 9.90 Å². The lowest BCUT2D eigenvalue weighted by molar-refractivity contribution is -0.130. The highest BCUT2D eigenvalue weighted by Crippen LogP contribution is 2.20. The van der Waals surface area contributed by atoms with E-state index < -0.39 is 6.10 Å². The first kappa shape index (κ1) is 17.0. The highest BCUT2D eigenvalue weighted by atomic mass is 79.9. The van der Waals surface area contributed by atoms with Crippen molar-refractivity contribution in [1.82, 2.24) is 4.90 Å². The number of rotatable bonds is 6. The van der Waals surface area contributed by atoms with E-state index in [1.54, 1.807) is 4.90 Å². The molecule has 5 heteroatoms. The number of carbonyl (C=O) groups excluding carboxylic acids is 1. The van der Waals surface area contributed by atoms with Gasteiger partial charge < -0.3 is 10.0 Å². The highest BCUT2D eigenvalue weighted by Gasteiger charge is 2.18. The van der Waals surface area contributed by atoms with Crippen molar-refractivity contribution in [2.24, 2.45) is 0 Å². The molecule has 0 aromatic heterocycles. The van der Waals surface area contributed by atoms with Gasteiger partial charge in [0.2, 0.25) is 5.91 Å². The van der Waals surface area contributed by atoms with Gasteiger partial charge in [-0.3, -0.25) is 4.79 Å². The molecule has 0 aliphatic carbocycles. The molecule has 2 aromatic carbocycles. The van der Waals surface area contributed by atoms with Crippen molar-refractivity contribution in [2.45, 2.75) is 12.6 Å². The number of hydrogen-bond acceptors (Lipinski definition) is 2. The largest absolute Gasteiger partial charge is 0.387 e. The summed E-state index contributed by atoms with van der Waals surface area (Å²) in [5.74, 6) is -0.294. The molecule has 3 nitrogen and oxygen atoms in total. The number of carbonyl (C=O) groups is 1. The van der Waals surface area contributed by atoms with Crippen LogP contribution in [0.3, 0.4) is 0 Å². The number of aliphatic hydroxyl groups is 1. The van der Waals surface area contributed by atoms with Crippen molar-refractivity contribution in [3.05, 3.63) is 70.2 Å². The Balaban J connectivity index is 2.11. The Bertz CT molecular complexity index is 621. The normalized spacial score (nSPS) is 12.0. The maximum Gasteiger partial charge on any atom is 0.237 e. The van der Waals surface area contributed by atoms with E-state index in [-0.39, 0.29) is 18.3 Å². The fourth-order valence-corrected chi connectivity index (χ4v) is 2.76. The maximum atomic E-state index is 12.0. The van der Waals surface area contributed by atoms with Gasteiger partial charge in [-0.1, -0.05) is 58.4 Å². The van der Waals surface area contributed by atoms with Crippen LogP contribution in [0, 0.1) is 0 Å². The fourth-order valence-electron chi connectivity index (χ4n) is 2.17. The summed E-state index contributed by atoms with van der Waals surface area (Å²) in [5, 5.41) is 10.4. The minimum absolute atomic E-state index is 0.0992. The van der Waals surface area contributed by atoms with E-state index in [0.717, 1.165) is 15.6 Å². The zero-order valence-corrected chi connectivity index (χ0v) is 14.3. The van der Waals surface area contributed by atoms with Crippen molar-refractivity contribution in [3.8, 4) is 0 Å². The summed E-state index contributed by atoms with van der Waals surface area (Å²) in [6, 6.07) is 17.1. The van der Waals surface area contributed by atoms with E-state index in [1.807, 2.05) is 54.6 Å². The summed E-state index contributed by atoms with van der Waals surface area (Å²) >= 11 is 9.07. The van der Waals surface area contributed by atoms with Crippen LogP contribution in [-0.2, 0) is 11.3 Å². The van der Waals surface area contributed by atoms with Crippen LogP contribution in [0.4, 0.5) is 0 Å². The molecule has 116 valence electrons. The summed E-state index contributed by atoms with van der Waals surface area (Å²) in [6.07, 6.45) is -0.756. The zero-order valence-electron chi connectivity index (χ0n) is 12.0. The maximum absolute atomic E-state index is 12.0. The van der Waals surface area contributed by atoms with Gasteiger partial charge in [-0.15, -0.1) is 11.6 Å². The topological polar surface area (TPSA) is 40.5 Å². The zero-order chi connectivity index (χ0) is 15.9. The molecule has 0 saturated heterocycles. The summed E-state index contributed by atoms with van der Waals surface area (Å²) in [5.41, 5.74) is 1.76. The molecule has 0 aliphatic rings. The first-order valence-corrected chi connectivity index (χ1v) is 8.24. The van der Waals surface area contributed by atoms with E-state index in [0.29, 0.717) is 6.54 Å². The molecule has 22 heavy (non-hydrogen) atoms. The van der Waals surface area contributed by atoms with Crippen LogP contribution in [0.15, 0.2) is 59.1 Å². The van der Waals surface area contributed by atoms with Gasteiger partial charge in [0.05, 0.1) is 12.6 Å². The molecule has 0 fully saturated rings. The predicted octanol–water partition coefficient (Wildman–Crippen LogP) is 3.75. The summed E-state index contributed by atoms with van der Waals surface area (Å²) in [6.45, 7) is 0.633. The van der Waals surface area contributed by atoms with E-state index in [2.05, 4.69) is 15.9 Å². The Kier molecular flexibility index (Phi) is 6.43. The summed E-state index contributed by atoms with van der Waals surface area (Å²) in [4.78, 5) is 13.6.